The molecule has 1 heterocycles. The van der Waals surface area contributed by atoms with Crippen LogP contribution in [0.15, 0.2) is 11.8 Å². The summed E-state index contributed by atoms with van der Waals surface area (Å²) in [6, 6.07) is -0.486. The summed E-state index contributed by atoms with van der Waals surface area (Å²) in [6.07, 6.45) is 6.75. The van der Waals surface area contributed by atoms with E-state index in [1.54, 1.807) is 4.90 Å². The lowest BCUT2D eigenvalue weighted by atomic mass is 10.2. The summed E-state index contributed by atoms with van der Waals surface area (Å²) in [5.74, 6) is -0.780. The average molecular weight is 266 g/mol. The fourth-order valence-corrected chi connectivity index (χ4v) is 2.99. The Bertz CT molecular complexity index is 392. The number of hydrogen-bond donors (Lipinski definition) is 1. The minimum Gasteiger partial charge on any atom is -0.480 e. The minimum atomic E-state index is -0.812. The van der Waals surface area contributed by atoms with E-state index in [0.717, 1.165) is 31.4 Å². The van der Waals surface area contributed by atoms with Crippen LogP contribution >= 0.6 is 0 Å². The van der Waals surface area contributed by atoms with Gasteiger partial charge >= 0.3 is 5.97 Å². The number of allylic oxidation sites excluding steroid dienone is 2. The molecule has 0 radical (unpaired) electrons. The van der Waals surface area contributed by atoms with Gasteiger partial charge in [0.15, 0.2) is 0 Å². The zero-order valence-electron chi connectivity index (χ0n) is 11.5. The van der Waals surface area contributed by atoms with Crippen molar-refractivity contribution >= 4 is 11.9 Å². The van der Waals surface area contributed by atoms with Crippen molar-refractivity contribution in [1.29, 1.82) is 0 Å². The van der Waals surface area contributed by atoms with Crippen molar-refractivity contribution in [2.24, 2.45) is 0 Å². The van der Waals surface area contributed by atoms with Crippen LogP contribution in [0.4, 0.5) is 0 Å². The number of nitrogens with zero attached hydrogens (tertiary/aromatic N) is 2. The van der Waals surface area contributed by atoms with Gasteiger partial charge in [0.2, 0.25) is 5.91 Å². The summed E-state index contributed by atoms with van der Waals surface area (Å²) in [4.78, 5) is 27.1. The minimum absolute atomic E-state index is 0.0313. The van der Waals surface area contributed by atoms with Crippen LogP contribution in [-0.2, 0) is 9.59 Å². The first-order valence-corrected chi connectivity index (χ1v) is 7.09. The van der Waals surface area contributed by atoms with Gasteiger partial charge in [-0.15, -0.1) is 0 Å². The van der Waals surface area contributed by atoms with E-state index in [-0.39, 0.29) is 12.5 Å². The highest BCUT2D eigenvalue weighted by atomic mass is 16.4. The maximum Gasteiger partial charge on any atom is 0.320 e. The number of likely N-dealkylation sites (N-methyl/N-ethyl adjacent to an activating group) is 1. The lowest BCUT2D eigenvalue weighted by molar-refractivity contribution is -0.143. The lowest BCUT2D eigenvalue weighted by Crippen LogP contribution is -2.44. The van der Waals surface area contributed by atoms with Gasteiger partial charge in [0.25, 0.3) is 0 Å². The number of aliphatic carboxylic acids is 1. The number of rotatable bonds is 5. The molecule has 1 atom stereocenters. The standard InChI is InChI=1S/C14H22N2O3/c1-2-16(11-6-3-4-7-11)13(17)10-15-9-5-8-12(15)14(18)19/h6,12H,2-5,7-10H2,1H3,(H,18,19). The predicted octanol–water partition coefficient (Wildman–Crippen LogP) is 1.45. The normalized spacial score (nSPS) is 23.4. The summed E-state index contributed by atoms with van der Waals surface area (Å²) in [6.45, 7) is 3.56. The Balaban J connectivity index is 1.97. The van der Waals surface area contributed by atoms with Gasteiger partial charge in [-0.1, -0.05) is 6.08 Å². The Kier molecular flexibility index (Phi) is 4.58. The zero-order chi connectivity index (χ0) is 13.8. The van der Waals surface area contributed by atoms with Gasteiger partial charge in [-0.05, 0) is 45.6 Å². The molecule has 0 bridgehead atoms. The molecule has 1 aliphatic heterocycles. The smallest absolute Gasteiger partial charge is 0.320 e. The van der Waals surface area contributed by atoms with Crippen LogP contribution in [0.2, 0.25) is 0 Å². The van der Waals surface area contributed by atoms with Crippen LogP contribution in [0, 0.1) is 0 Å². The van der Waals surface area contributed by atoms with E-state index in [9.17, 15) is 9.59 Å². The van der Waals surface area contributed by atoms with Gasteiger partial charge in [-0.25, -0.2) is 0 Å². The molecular weight excluding hydrogens is 244 g/mol. The van der Waals surface area contributed by atoms with Crippen molar-refractivity contribution in [3.8, 4) is 0 Å². The number of amides is 1. The summed E-state index contributed by atoms with van der Waals surface area (Å²) in [5, 5.41) is 9.13. The first kappa shape index (κ1) is 14.1. The molecule has 19 heavy (non-hydrogen) atoms. The van der Waals surface area contributed by atoms with Crippen LogP contribution in [0.1, 0.15) is 39.0 Å². The third kappa shape index (κ3) is 3.15. The van der Waals surface area contributed by atoms with E-state index >= 15 is 0 Å². The van der Waals surface area contributed by atoms with Crippen molar-refractivity contribution in [2.45, 2.75) is 45.1 Å². The highest BCUT2D eigenvalue weighted by molar-refractivity contribution is 5.81. The van der Waals surface area contributed by atoms with Crippen molar-refractivity contribution in [2.75, 3.05) is 19.6 Å². The molecule has 1 unspecified atom stereocenters. The monoisotopic (exact) mass is 266 g/mol. The van der Waals surface area contributed by atoms with Crippen molar-refractivity contribution in [3.05, 3.63) is 11.8 Å². The fraction of sp³-hybridized carbons (Fsp3) is 0.714. The van der Waals surface area contributed by atoms with Crippen LogP contribution in [-0.4, -0.2) is 52.5 Å². The summed E-state index contributed by atoms with van der Waals surface area (Å²) < 4.78 is 0. The second-order valence-electron chi connectivity index (χ2n) is 5.19. The van der Waals surface area contributed by atoms with Gasteiger partial charge in [0.05, 0.1) is 6.54 Å². The van der Waals surface area contributed by atoms with E-state index in [2.05, 4.69) is 6.08 Å². The van der Waals surface area contributed by atoms with Gasteiger partial charge in [-0.3, -0.25) is 14.5 Å². The first-order chi connectivity index (χ1) is 9.13. The van der Waals surface area contributed by atoms with Crippen LogP contribution in [0.25, 0.3) is 0 Å². The van der Waals surface area contributed by atoms with Crippen molar-refractivity contribution in [3.63, 3.8) is 0 Å². The summed E-state index contributed by atoms with van der Waals surface area (Å²) in [7, 11) is 0. The van der Waals surface area contributed by atoms with Crippen molar-refractivity contribution in [1.82, 2.24) is 9.80 Å². The third-order valence-electron chi connectivity index (χ3n) is 3.97. The Morgan fingerprint density at radius 3 is 2.84 bits per heavy atom. The zero-order valence-corrected chi connectivity index (χ0v) is 11.5. The fourth-order valence-electron chi connectivity index (χ4n) is 2.99. The van der Waals surface area contributed by atoms with E-state index in [4.69, 9.17) is 5.11 Å². The van der Waals surface area contributed by atoms with E-state index < -0.39 is 12.0 Å². The number of carbonyl (C=O) groups excluding carboxylic acids is 1. The van der Waals surface area contributed by atoms with Crippen LogP contribution in [0.3, 0.4) is 0 Å². The van der Waals surface area contributed by atoms with Crippen LogP contribution < -0.4 is 0 Å². The second kappa shape index (κ2) is 6.19. The molecule has 1 saturated heterocycles. The Morgan fingerprint density at radius 2 is 2.26 bits per heavy atom. The molecule has 0 aromatic rings. The van der Waals surface area contributed by atoms with Gasteiger partial charge in [0.1, 0.15) is 6.04 Å². The molecule has 0 spiro atoms. The number of carboxylic acid groups (broad SMARTS) is 1. The molecule has 5 heteroatoms. The second-order valence-corrected chi connectivity index (χ2v) is 5.19. The Morgan fingerprint density at radius 1 is 1.47 bits per heavy atom. The number of likely N-dealkylation sites (tertiary alicyclic amines) is 1. The molecular formula is C14H22N2O3. The molecule has 5 nitrogen and oxygen atoms in total. The number of hydrogen-bond acceptors (Lipinski definition) is 3. The molecule has 0 aromatic heterocycles. The summed E-state index contributed by atoms with van der Waals surface area (Å²) >= 11 is 0. The Labute approximate surface area is 113 Å². The van der Waals surface area contributed by atoms with E-state index in [1.807, 2.05) is 11.8 Å². The molecule has 1 N–H and O–H groups in total. The highest BCUT2D eigenvalue weighted by Crippen LogP contribution is 2.23. The van der Waals surface area contributed by atoms with Gasteiger partial charge in [-0.2, -0.15) is 0 Å². The van der Waals surface area contributed by atoms with Gasteiger partial charge in [0, 0.05) is 12.2 Å². The van der Waals surface area contributed by atoms with Crippen molar-refractivity contribution < 1.29 is 14.7 Å². The topological polar surface area (TPSA) is 60.9 Å². The maximum atomic E-state index is 12.3. The van der Waals surface area contributed by atoms with E-state index in [1.165, 1.54) is 0 Å². The van der Waals surface area contributed by atoms with E-state index in [0.29, 0.717) is 19.5 Å². The molecule has 2 rings (SSSR count). The molecule has 1 amide bonds. The molecule has 1 fully saturated rings. The SMILES string of the molecule is CCN(C(=O)CN1CCCC1C(=O)O)C1=CCCC1. The quantitative estimate of drug-likeness (QED) is 0.818. The number of carbonyl (C=O) groups is 2. The molecule has 2 aliphatic rings. The largest absolute Gasteiger partial charge is 0.480 e. The number of carboxylic acids is 1. The first-order valence-electron chi connectivity index (χ1n) is 7.09. The molecule has 106 valence electrons. The van der Waals surface area contributed by atoms with Crippen LogP contribution in [0.5, 0.6) is 0 Å². The average Bonchev–Trinajstić information content (AvgIpc) is 3.00. The lowest BCUT2D eigenvalue weighted by Gasteiger charge is -2.27. The van der Waals surface area contributed by atoms with Gasteiger partial charge < -0.3 is 10.0 Å². The summed E-state index contributed by atoms with van der Waals surface area (Å²) in [5.41, 5.74) is 1.11. The predicted molar refractivity (Wildman–Crippen MR) is 71.6 cm³/mol. The maximum absolute atomic E-state index is 12.3. The third-order valence-corrected chi connectivity index (χ3v) is 3.97. The molecule has 1 aliphatic carbocycles. The molecule has 0 saturated carbocycles. The highest BCUT2D eigenvalue weighted by Gasteiger charge is 2.33. The Hall–Kier alpha value is -1.36. The molecule has 0 aromatic carbocycles.